The Labute approximate surface area is 146 Å². The number of pyridine rings is 2. The zero-order valence-electron chi connectivity index (χ0n) is 12.6. The number of nitrogen functional groups attached to an aromatic ring is 1. The minimum atomic E-state index is -0.793. The normalized spacial score (nSPS) is 10.5. The summed E-state index contributed by atoms with van der Waals surface area (Å²) in [5.74, 6) is -2.26. The molecule has 0 radical (unpaired) electrons. The fraction of sp³-hybridized carbons (Fsp3) is 0. The molecule has 3 rings (SSSR count). The molecule has 5 nitrogen and oxygen atoms in total. The van der Waals surface area contributed by atoms with Crippen molar-refractivity contribution in [3.05, 3.63) is 71.1 Å². The molecule has 0 aliphatic rings. The zero-order valence-corrected chi connectivity index (χ0v) is 13.4. The van der Waals surface area contributed by atoms with Crippen molar-refractivity contribution < 1.29 is 13.6 Å². The SMILES string of the molecule is Nc1ccc(-c2c(F)cccc2F)nc1C(=O)Nc1cnccc1Cl. The molecule has 25 heavy (non-hydrogen) atoms. The molecule has 8 heteroatoms. The number of anilines is 2. The summed E-state index contributed by atoms with van der Waals surface area (Å²) < 4.78 is 27.9. The molecule has 2 heterocycles. The van der Waals surface area contributed by atoms with Crippen molar-refractivity contribution in [2.24, 2.45) is 0 Å². The van der Waals surface area contributed by atoms with Gasteiger partial charge in [-0.3, -0.25) is 9.78 Å². The van der Waals surface area contributed by atoms with Gasteiger partial charge >= 0.3 is 0 Å². The summed E-state index contributed by atoms with van der Waals surface area (Å²) in [6.45, 7) is 0. The third-order valence-corrected chi connectivity index (χ3v) is 3.71. The fourth-order valence-corrected chi connectivity index (χ4v) is 2.34. The fourth-order valence-electron chi connectivity index (χ4n) is 2.18. The number of hydrogen-bond acceptors (Lipinski definition) is 4. The maximum absolute atomic E-state index is 13.9. The molecule has 0 bridgehead atoms. The van der Waals surface area contributed by atoms with Crippen molar-refractivity contribution in [3.63, 3.8) is 0 Å². The first-order chi connectivity index (χ1) is 12.0. The predicted octanol–water partition coefficient (Wildman–Crippen LogP) is 3.91. The minimum Gasteiger partial charge on any atom is -0.397 e. The highest BCUT2D eigenvalue weighted by Crippen LogP contribution is 2.27. The second-order valence-corrected chi connectivity index (χ2v) is 5.45. The van der Waals surface area contributed by atoms with Gasteiger partial charge in [0, 0.05) is 6.20 Å². The third-order valence-electron chi connectivity index (χ3n) is 3.38. The predicted molar refractivity (Wildman–Crippen MR) is 91.2 cm³/mol. The van der Waals surface area contributed by atoms with Crippen LogP contribution in [0.15, 0.2) is 48.8 Å². The molecule has 0 aliphatic carbocycles. The summed E-state index contributed by atoms with van der Waals surface area (Å²) in [7, 11) is 0. The van der Waals surface area contributed by atoms with E-state index in [-0.39, 0.29) is 33.3 Å². The van der Waals surface area contributed by atoms with Crippen LogP contribution in [-0.2, 0) is 0 Å². The van der Waals surface area contributed by atoms with E-state index < -0.39 is 17.5 Å². The van der Waals surface area contributed by atoms with Crippen LogP contribution < -0.4 is 11.1 Å². The Morgan fingerprint density at radius 2 is 1.84 bits per heavy atom. The number of benzene rings is 1. The first-order valence-electron chi connectivity index (χ1n) is 7.09. The van der Waals surface area contributed by atoms with Gasteiger partial charge in [-0.05, 0) is 30.3 Å². The Morgan fingerprint density at radius 3 is 2.52 bits per heavy atom. The minimum absolute atomic E-state index is 0.0489. The van der Waals surface area contributed by atoms with Crippen LogP contribution in [0.25, 0.3) is 11.3 Å². The summed E-state index contributed by atoms with van der Waals surface area (Å²) in [5.41, 5.74) is 5.53. The van der Waals surface area contributed by atoms with Crippen molar-refractivity contribution in [3.8, 4) is 11.3 Å². The maximum atomic E-state index is 13.9. The number of nitrogens with one attached hydrogen (secondary N) is 1. The van der Waals surface area contributed by atoms with E-state index in [2.05, 4.69) is 15.3 Å². The first kappa shape index (κ1) is 16.8. The van der Waals surface area contributed by atoms with Gasteiger partial charge in [0.15, 0.2) is 5.69 Å². The summed E-state index contributed by atoms with van der Waals surface area (Å²) in [6, 6.07) is 7.64. The van der Waals surface area contributed by atoms with Crippen LogP contribution in [0.5, 0.6) is 0 Å². The zero-order chi connectivity index (χ0) is 18.0. The van der Waals surface area contributed by atoms with Crippen LogP contribution in [0, 0.1) is 11.6 Å². The van der Waals surface area contributed by atoms with Crippen LogP contribution in [-0.4, -0.2) is 15.9 Å². The molecule has 126 valence electrons. The van der Waals surface area contributed by atoms with Gasteiger partial charge in [-0.15, -0.1) is 0 Å². The third kappa shape index (κ3) is 3.41. The van der Waals surface area contributed by atoms with E-state index in [9.17, 15) is 13.6 Å². The molecule has 0 saturated carbocycles. The average molecular weight is 361 g/mol. The van der Waals surface area contributed by atoms with Gasteiger partial charge in [0.1, 0.15) is 11.6 Å². The van der Waals surface area contributed by atoms with Gasteiger partial charge < -0.3 is 11.1 Å². The van der Waals surface area contributed by atoms with Crippen molar-refractivity contribution in [2.75, 3.05) is 11.1 Å². The van der Waals surface area contributed by atoms with Crippen molar-refractivity contribution >= 4 is 28.9 Å². The van der Waals surface area contributed by atoms with Crippen LogP contribution in [0.4, 0.5) is 20.2 Å². The Balaban J connectivity index is 2.00. The van der Waals surface area contributed by atoms with Gasteiger partial charge in [-0.25, -0.2) is 13.8 Å². The van der Waals surface area contributed by atoms with E-state index in [4.69, 9.17) is 17.3 Å². The number of nitrogens with two attached hydrogens (primary N) is 1. The smallest absolute Gasteiger partial charge is 0.276 e. The van der Waals surface area contributed by atoms with Gasteiger partial charge in [-0.2, -0.15) is 0 Å². The lowest BCUT2D eigenvalue weighted by Crippen LogP contribution is -2.17. The molecule has 0 aliphatic heterocycles. The van der Waals surface area contributed by atoms with Crippen LogP contribution >= 0.6 is 11.6 Å². The molecule has 1 aromatic carbocycles. The van der Waals surface area contributed by atoms with E-state index in [0.29, 0.717) is 0 Å². The molecule has 3 aromatic rings. The standard InChI is InChI=1S/C17H11ClF2N4O/c18-9-6-7-22-8-14(9)24-17(25)16-12(21)4-5-13(23-16)15-10(19)2-1-3-11(15)20/h1-8H,21H2,(H,24,25). The Bertz CT molecular complexity index is 945. The Kier molecular flexibility index (Phi) is 4.58. The summed E-state index contributed by atoms with van der Waals surface area (Å²) >= 11 is 5.96. The van der Waals surface area contributed by atoms with Crippen LogP contribution in [0.2, 0.25) is 5.02 Å². The number of rotatable bonds is 3. The molecule has 0 fully saturated rings. The number of aromatic nitrogens is 2. The Morgan fingerprint density at radius 1 is 1.12 bits per heavy atom. The lowest BCUT2D eigenvalue weighted by atomic mass is 10.1. The van der Waals surface area contributed by atoms with Gasteiger partial charge in [-0.1, -0.05) is 17.7 Å². The van der Waals surface area contributed by atoms with Crippen molar-refractivity contribution in [2.45, 2.75) is 0 Å². The number of nitrogens with zero attached hydrogens (tertiary/aromatic N) is 2. The van der Waals surface area contributed by atoms with Crippen molar-refractivity contribution in [1.29, 1.82) is 0 Å². The molecule has 3 N–H and O–H groups in total. The second kappa shape index (κ2) is 6.82. The second-order valence-electron chi connectivity index (χ2n) is 5.04. The molecule has 0 saturated heterocycles. The molecule has 1 amide bonds. The van der Waals surface area contributed by atoms with Gasteiger partial charge in [0.05, 0.1) is 33.9 Å². The van der Waals surface area contributed by atoms with E-state index in [0.717, 1.165) is 12.1 Å². The number of hydrogen-bond donors (Lipinski definition) is 2. The first-order valence-corrected chi connectivity index (χ1v) is 7.47. The number of halogens is 3. The van der Waals surface area contributed by atoms with Crippen molar-refractivity contribution in [1.82, 2.24) is 9.97 Å². The van der Waals surface area contributed by atoms with Gasteiger partial charge in [0.2, 0.25) is 0 Å². The summed E-state index contributed by atoms with van der Waals surface area (Å²) in [5, 5.41) is 2.79. The van der Waals surface area contributed by atoms with E-state index in [1.807, 2.05) is 0 Å². The summed E-state index contributed by atoms with van der Waals surface area (Å²) in [6.07, 6.45) is 2.82. The van der Waals surface area contributed by atoms with E-state index >= 15 is 0 Å². The molecule has 2 aromatic heterocycles. The number of carbonyl (C=O) groups is 1. The number of amides is 1. The highest BCUT2D eigenvalue weighted by molar-refractivity contribution is 6.33. The lowest BCUT2D eigenvalue weighted by Gasteiger charge is -2.10. The Hall–Kier alpha value is -3.06. The molecule has 0 atom stereocenters. The molecule has 0 spiro atoms. The highest BCUT2D eigenvalue weighted by Gasteiger charge is 2.18. The van der Waals surface area contributed by atoms with Gasteiger partial charge in [0.25, 0.3) is 5.91 Å². The molecule has 0 unspecified atom stereocenters. The van der Waals surface area contributed by atoms with Crippen LogP contribution in [0.3, 0.4) is 0 Å². The lowest BCUT2D eigenvalue weighted by molar-refractivity contribution is 0.102. The number of carbonyl (C=O) groups excluding carboxylic acids is 1. The average Bonchev–Trinajstić information content (AvgIpc) is 2.58. The topological polar surface area (TPSA) is 80.9 Å². The highest BCUT2D eigenvalue weighted by atomic mass is 35.5. The van der Waals surface area contributed by atoms with E-state index in [1.54, 1.807) is 0 Å². The summed E-state index contributed by atoms with van der Waals surface area (Å²) in [4.78, 5) is 20.3. The molecular formula is C17H11ClF2N4O. The maximum Gasteiger partial charge on any atom is 0.276 e. The molecular weight excluding hydrogens is 350 g/mol. The quantitative estimate of drug-likeness (QED) is 0.742. The van der Waals surface area contributed by atoms with E-state index in [1.165, 1.54) is 36.7 Å². The monoisotopic (exact) mass is 360 g/mol. The largest absolute Gasteiger partial charge is 0.397 e. The van der Waals surface area contributed by atoms with Crippen LogP contribution in [0.1, 0.15) is 10.5 Å².